The number of piperidine rings is 1. The molecule has 0 amide bonds. The number of rotatable bonds is 7. The maximum Gasteiger partial charge on any atom is 0.264 e. The summed E-state index contributed by atoms with van der Waals surface area (Å²) >= 11 is 0. The van der Waals surface area contributed by atoms with E-state index in [-0.39, 0.29) is 35.8 Å². The van der Waals surface area contributed by atoms with Crippen molar-refractivity contribution in [3.8, 4) is 5.69 Å². The first kappa shape index (κ1) is 25.3. The number of nitrogens with zero attached hydrogens (tertiary/aromatic N) is 8. The Morgan fingerprint density at radius 1 is 1.21 bits per heavy atom. The van der Waals surface area contributed by atoms with Crippen molar-refractivity contribution in [3.05, 3.63) is 83.2 Å². The Balaban J connectivity index is 1.36. The Hall–Kier alpha value is -3.97. The van der Waals surface area contributed by atoms with E-state index in [1.54, 1.807) is 37.0 Å². The predicted molar refractivity (Wildman–Crippen MR) is 139 cm³/mol. The fourth-order valence-corrected chi connectivity index (χ4v) is 7.15. The molecule has 6 rings (SSSR count). The van der Waals surface area contributed by atoms with Gasteiger partial charge in [0, 0.05) is 25.6 Å². The van der Waals surface area contributed by atoms with Crippen LogP contribution >= 0.6 is 0 Å². The van der Waals surface area contributed by atoms with Crippen LogP contribution in [0.25, 0.3) is 11.8 Å². The molecule has 3 atom stereocenters. The molecule has 1 saturated carbocycles. The van der Waals surface area contributed by atoms with Crippen LogP contribution in [-0.2, 0) is 17.1 Å². The molecule has 0 bridgehead atoms. The van der Waals surface area contributed by atoms with E-state index in [4.69, 9.17) is 4.52 Å². The van der Waals surface area contributed by atoms with E-state index >= 15 is 0 Å². The van der Waals surface area contributed by atoms with Crippen molar-refractivity contribution < 1.29 is 17.3 Å². The number of aromatic nitrogens is 7. The van der Waals surface area contributed by atoms with Crippen LogP contribution in [-0.4, -0.2) is 60.7 Å². The molecule has 0 radical (unpaired) electrons. The van der Waals surface area contributed by atoms with Crippen LogP contribution in [0, 0.1) is 31.0 Å². The lowest BCUT2D eigenvalue weighted by atomic mass is 9.88. The van der Waals surface area contributed by atoms with Crippen molar-refractivity contribution in [2.24, 2.45) is 18.4 Å². The molecule has 0 N–H and O–H groups in total. The molecule has 3 aromatic heterocycles. The molecule has 39 heavy (non-hydrogen) atoms. The Kier molecular flexibility index (Phi) is 5.70. The van der Waals surface area contributed by atoms with E-state index in [1.807, 2.05) is 19.9 Å². The topological polar surface area (TPSA) is 125 Å². The standard InChI is InChI=1S/C26H27FN8O3S/c1-15(10-22-16(2)11-29-35(22)20-8-6-19(27)7-9-20)17(3)26-14-34(39(36,37)23-12-28-33(5)31-23)13-21(26)24(26)25-30-18(4)32-38-25/h6-12,21,24H,3,13-14H2,1-2,4-5H3/b15-10-/t21-,24+,26+/m0/s1. The van der Waals surface area contributed by atoms with Crippen molar-refractivity contribution in [3.63, 3.8) is 0 Å². The fourth-order valence-electron chi connectivity index (χ4n) is 5.74. The van der Waals surface area contributed by atoms with Gasteiger partial charge < -0.3 is 4.52 Å². The van der Waals surface area contributed by atoms with Gasteiger partial charge in [-0.2, -0.15) is 24.3 Å². The summed E-state index contributed by atoms with van der Waals surface area (Å²) in [5, 5.41) is 16.3. The van der Waals surface area contributed by atoms with Crippen molar-refractivity contribution in [1.29, 1.82) is 0 Å². The number of allylic oxidation sites excluding steroid dienone is 1. The second-order valence-corrected chi connectivity index (χ2v) is 12.1. The summed E-state index contributed by atoms with van der Waals surface area (Å²) in [6.07, 6.45) is 4.98. The van der Waals surface area contributed by atoms with Gasteiger partial charge >= 0.3 is 0 Å². The average molecular weight is 551 g/mol. The number of fused-ring (bicyclic) bond motifs is 1. The predicted octanol–water partition coefficient (Wildman–Crippen LogP) is 3.20. The van der Waals surface area contributed by atoms with Gasteiger partial charge in [-0.1, -0.05) is 11.7 Å². The SMILES string of the molecule is C=C(/C(C)=C\c1c(C)cnn1-c1ccc(F)cc1)[C@]12CN(S(=O)(=O)c3cnn(C)n3)C[C@H]1[C@@H]2c1nc(C)no1. The Bertz CT molecular complexity index is 1740. The lowest BCUT2D eigenvalue weighted by molar-refractivity contribution is 0.338. The third kappa shape index (κ3) is 3.95. The molecule has 13 heteroatoms. The molecule has 2 aliphatic rings. The maximum absolute atomic E-state index is 13.5. The van der Waals surface area contributed by atoms with Crippen LogP contribution < -0.4 is 0 Å². The van der Waals surface area contributed by atoms with Gasteiger partial charge in [-0.25, -0.2) is 17.5 Å². The summed E-state index contributed by atoms with van der Waals surface area (Å²) in [6.45, 7) is 10.6. The molecule has 1 aliphatic heterocycles. The number of halogens is 1. The van der Waals surface area contributed by atoms with E-state index in [2.05, 4.69) is 32.0 Å². The Labute approximate surface area is 224 Å². The number of benzene rings is 1. The van der Waals surface area contributed by atoms with Crippen LogP contribution in [0.3, 0.4) is 0 Å². The summed E-state index contributed by atoms with van der Waals surface area (Å²) in [5.74, 6) is 0.419. The summed E-state index contributed by atoms with van der Waals surface area (Å²) < 4.78 is 49.0. The van der Waals surface area contributed by atoms with Crippen LogP contribution in [0.2, 0.25) is 0 Å². The molecule has 0 unspecified atom stereocenters. The zero-order valence-corrected chi connectivity index (χ0v) is 22.7. The van der Waals surface area contributed by atoms with Crippen LogP contribution in [0.1, 0.15) is 35.8 Å². The van der Waals surface area contributed by atoms with Crippen molar-refractivity contribution in [2.45, 2.75) is 31.7 Å². The minimum absolute atomic E-state index is 0.0941. The third-order valence-electron chi connectivity index (χ3n) is 7.80. The van der Waals surface area contributed by atoms with Crippen LogP contribution in [0.5, 0.6) is 0 Å². The molecule has 4 heterocycles. The smallest absolute Gasteiger partial charge is 0.264 e. The van der Waals surface area contributed by atoms with Gasteiger partial charge in [0.2, 0.25) is 10.9 Å². The van der Waals surface area contributed by atoms with E-state index < -0.39 is 15.4 Å². The summed E-state index contributed by atoms with van der Waals surface area (Å²) in [7, 11) is -2.28. The van der Waals surface area contributed by atoms with E-state index in [0.29, 0.717) is 11.7 Å². The fraction of sp³-hybridized carbons (Fsp3) is 0.346. The van der Waals surface area contributed by atoms with Crippen molar-refractivity contribution in [1.82, 2.24) is 39.2 Å². The highest BCUT2D eigenvalue weighted by Crippen LogP contribution is 2.73. The molecule has 1 aliphatic carbocycles. The summed E-state index contributed by atoms with van der Waals surface area (Å²) in [4.78, 5) is 5.69. The normalized spacial score (nSPS) is 23.3. The number of aryl methyl sites for hydroxylation is 3. The minimum atomic E-state index is -3.85. The molecule has 2 fully saturated rings. The van der Waals surface area contributed by atoms with E-state index in [9.17, 15) is 12.8 Å². The molecule has 4 aromatic rings. The molecule has 202 valence electrons. The zero-order chi connectivity index (χ0) is 27.7. The monoisotopic (exact) mass is 550 g/mol. The number of hydrogen-bond donors (Lipinski definition) is 0. The van der Waals surface area contributed by atoms with E-state index in [1.165, 1.54) is 27.4 Å². The highest BCUT2D eigenvalue weighted by molar-refractivity contribution is 7.89. The lowest BCUT2D eigenvalue weighted by Crippen LogP contribution is -2.34. The van der Waals surface area contributed by atoms with Crippen LogP contribution in [0.15, 0.2) is 63.9 Å². The zero-order valence-electron chi connectivity index (χ0n) is 21.9. The van der Waals surface area contributed by atoms with Gasteiger partial charge in [-0.3, -0.25) is 0 Å². The Morgan fingerprint density at radius 2 is 1.95 bits per heavy atom. The third-order valence-corrected chi connectivity index (χ3v) is 9.48. The summed E-state index contributed by atoms with van der Waals surface area (Å²) in [6, 6.07) is 6.11. The van der Waals surface area contributed by atoms with Crippen molar-refractivity contribution >= 4 is 16.1 Å². The quantitative estimate of drug-likeness (QED) is 0.321. The molecule has 1 saturated heterocycles. The van der Waals surface area contributed by atoms with Gasteiger partial charge in [-0.15, -0.1) is 5.10 Å². The van der Waals surface area contributed by atoms with Gasteiger partial charge in [0.25, 0.3) is 10.0 Å². The molecular formula is C26H27FN8O3S. The second-order valence-electron chi connectivity index (χ2n) is 10.2. The van der Waals surface area contributed by atoms with E-state index in [0.717, 1.165) is 28.1 Å². The minimum Gasteiger partial charge on any atom is -0.339 e. The van der Waals surface area contributed by atoms with Gasteiger partial charge in [0.15, 0.2) is 5.82 Å². The summed E-state index contributed by atoms with van der Waals surface area (Å²) in [5.41, 5.74) is 3.50. The first-order valence-corrected chi connectivity index (χ1v) is 13.8. The maximum atomic E-state index is 13.5. The highest BCUT2D eigenvalue weighted by Gasteiger charge is 2.74. The first-order valence-electron chi connectivity index (χ1n) is 12.4. The molecule has 0 spiro atoms. The van der Waals surface area contributed by atoms with Gasteiger partial charge in [-0.05, 0) is 73.7 Å². The van der Waals surface area contributed by atoms with Crippen LogP contribution in [0.4, 0.5) is 4.39 Å². The molecular weight excluding hydrogens is 523 g/mol. The average Bonchev–Trinajstić information content (AvgIpc) is 3.47. The van der Waals surface area contributed by atoms with Crippen molar-refractivity contribution in [2.75, 3.05) is 13.1 Å². The molecule has 11 nitrogen and oxygen atoms in total. The highest BCUT2D eigenvalue weighted by atomic mass is 32.2. The second kappa shape index (κ2) is 8.78. The molecule has 1 aromatic carbocycles. The number of hydrogen-bond acceptors (Lipinski definition) is 8. The lowest BCUT2D eigenvalue weighted by Gasteiger charge is -2.24. The first-order chi connectivity index (χ1) is 18.5. The van der Waals surface area contributed by atoms with Gasteiger partial charge in [0.1, 0.15) is 5.82 Å². The Morgan fingerprint density at radius 3 is 2.59 bits per heavy atom. The van der Waals surface area contributed by atoms with Gasteiger partial charge in [0.05, 0.1) is 29.7 Å². The largest absolute Gasteiger partial charge is 0.339 e. The number of sulfonamides is 1.